The predicted molar refractivity (Wildman–Crippen MR) is 90.5 cm³/mol. The van der Waals surface area contributed by atoms with Crippen molar-refractivity contribution in [2.75, 3.05) is 39.3 Å². The van der Waals surface area contributed by atoms with E-state index >= 15 is 0 Å². The molecule has 24 heavy (non-hydrogen) atoms. The fourth-order valence-corrected chi connectivity index (χ4v) is 3.88. The van der Waals surface area contributed by atoms with Crippen molar-refractivity contribution in [1.29, 1.82) is 0 Å². The summed E-state index contributed by atoms with van der Waals surface area (Å²) in [7, 11) is -3.43. The number of ether oxygens (including phenoxy) is 1. The maximum atomic E-state index is 12.5. The van der Waals surface area contributed by atoms with Crippen LogP contribution in [0.25, 0.3) is 0 Å². The third-order valence-electron chi connectivity index (χ3n) is 3.71. The van der Waals surface area contributed by atoms with E-state index in [1.54, 1.807) is 37.3 Å². The molecule has 0 saturated carbocycles. The van der Waals surface area contributed by atoms with Crippen LogP contribution in [0.5, 0.6) is 0 Å². The summed E-state index contributed by atoms with van der Waals surface area (Å²) >= 11 is 0. The standard InChI is InChI=1S/C16H23N3O4S/c1-14(17)13-16(20)23-12-11-18-7-9-19(10-8-18)24(21,22)15-5-3-2-4-6-15/h2-6,13H,7-12,17H2,1H3. The molecule has 1 aliphatic heterocycles. The molecule has 2 N–H and O–H groups in total. The van der Waals surface area contributed by atoms with Crippen molar-refractivity contribution in [2.45, 2.75) is 11.8 Å². The SMILES string of the molecule is CC(N)=CC(=O)OCCN1CCN(S(=O)(=O)c2ccccc2)CC1. The van der Waals surface area contributed by atoms with Crippen LogP contribution in [-0.4, -0.2) is 62.9 Å². The lowest BCUT2D eigenvalue weighted by atomic mass is 10.3. The zero-order valence-corrected chi connectivity index (χ0v) is 14.5. The van der Waals surface area contributed by atoms with E-state index in [1.807, 2.05) is 0 Å². The van der Waals surface area contributed by atoms with E-state index < -0.39 is 16.0 Å². The molecule has 2 rings (SSSR count). The lowest BCUT2D eigenvalue weighted by Gasteiger charge is -2.33. The smallest absolute Gasteiger partial charge is 0.332 e. The zero-order chi connectivity index (χ0) is 17.6. The minimum Gasteiger partial charge on any atom is -0.461 e. The van der Waals surface area contributed by atoms with Crippen molar-refractivity contribution in [2.24, 2.45) is 5.73 Å². The van der Waals surface area contributed by atoms with Gasteiger partial charge in [0.25, 0.3) is 0 Å². The highest BCUT2D eigenvalue weighted by atomic mass is 32.2. The van der Waals surface area contributed by atoms with Crippen LogP contribution in [0.3, 0.4) is 0 Å². The molecule has 1 fully saturated rings. The Labute approximate surface area is 142 Å². The van der Waals surface area contributed by atoms with E-state index in [0.29, 0.717) is 43.3 Å². The average molecular weight is 353 g/mol. The van der Waals surface area contributed by atoms with Crippen LogP contribution < -0.4 is 5.73 Å². The first-order chi connectivity index (χ1) is 11.4. The molecular weight excluding hydrogens is 330 g/mol. The summed E-state index contributed by atoms with van der Waals surface area (Å²) in [5, 5.41) is 0. The van der Waals surface area contributed by atoms with E-state index in [2.05, 4.69) is 4.90 Å². The van der Waals surface area contributed by atoms with Gasteiger partial charge < -0.3 is 10.5 Å². The summed E-state index contributed by atoms with van der Waals surface area (Å²) in [6.45, 7) is 4.51. The molecule has 0 spiro atoms. The summed E-state index contributed by atoms with van der Waals surface area (Å²) in [4.78, 5) is 13.7. The molecule has 0 aromatic heterocycles. The number of nitrogens with two attached hydrogens (primary N) is 1. The quantitative estimate of drug-likeness (QED) is 0.588. The van der Waals surface area contributed by atoms with Crippen molar-refractivity contribution >= 4 is 16.0 Å². The number of carbonyl (C=O) groups excluding carboxylic acids is 1. The molecule has 1 aliphatic rings. The Morgan fingerprint density at radius 2 is 1.83 bits per heavy atom. The molecule has 0 radical (unpaired) electrons. The fraction of sp³-hybridized carbons (Fsp3) is 0.438. The minimum absolute atomic E-state index is 0.258. The molecule has 1 saturated heterocycles. The predicted octanol–water partition coefficient (Wildman–Crippen LogP) is 0.399. The van der Waals surface area contributed by atoms with Gasteiger partial charge in [0.15, 0.2) is 0 Å². The minimum atomic E-state index is -3.43. The van der Waals surface area contributed by atoms with E-state index in [9.17, 15) is 13.2 Å². The Kier molecular flexibility index (Phi) is 6.36. The maximum Gasteiger partial charge on any atom is 0.332 e. The molecule has 0 unspecified atom stereocenters. The monoisotopic (exact) mass is 353 g/mol. The van der Waals surface area contributed by atoms with Crippen molar-refractivity contribution in [1.82, 2.24) is 9.21 Å². The molecule has 8 heteroatoms. The summed E-state index contributed by atoms with van der Waals surface area (Å²) in [6, 6.07) is 8.44. The van der Waals surface area contributed by atoms with Gasteiger partial charge in [-0.1, -0.05) is 18.2 Å². The van der Waals surface area contributed by atoms with Crippen LogP contribution in [0.4, 0.5) is 0 Å². The largest absolute Gasteiger partial charge is 0.461 e. The second-order valence-corrected chi connectivity index (χ2v) is 7.55. The molecule has 1 aromatic rings. The number of rotatable bonds is 6. The Balaban J connectivity index is 1.79. The number of carbonyl (C=O) groups is 1. The van der Waals surface area contributed by atoms with Crippen LogP contribution in [-0.2, 0) is 19.6 Å². The molecule has 7 nitrogen and oxygen atoms in total. The molecule has 132 valence electrons. The second-order valence-electron chi connectivity index (χ2n) is 5.61. The molecule has 1 aromatic carbocycles. The highest BCUT2D eigenvalue weighted by Crippen LogP contribution is 2.16. The summed E-state index contributed by atoms with van der Waals surface area (Å²) in [6.07, 6.45) is 1.24. The van der Waals surface area contributed by atoms with E-state index in [0.717, 1.165) is 0 Å². The van der Waals surface area contributed by atoms with Crippen LogP contribution >= 0.6 is 0 Å². The van der Waals surface area contributed by atoms with Gasteiger partial charge in [0, 0.05) is 44.5 Å². The molecule has 1 heterocycles. The fourth-order valence-electron chi connectivity index (χ4n) is 2.44. The Bertz CT molecular complexity index is 677. The highest BCUT2D eigenvalue weighted by molar-refractivity contribution is 7.89. The van der Waals surface area contributed by atoms with Crippen molar-refractivity contribution in [3.8, 4) is 0 Å². The van der Waals surface area contributed by atoms with Crippen LogP contribution in [0.1, 0.15) is 6.92 Å². The van der Waals surface area contributed by atoms with Gasteiger partial charge in [-0.25, -0.2) is 13.2 Å². The highest BCUT2D eigenvalue weighted by Gasteiger charge is 2.28. The van der Waals surface area contributed by atoms with Crippen molar-refractivity contribution in [3.05, 3.63) is 42.1 Å². The number of hydrogen-bond acceptors (Lipinski definition) is 6. The molecule has 0 atom stereocenters. The lowest BCUT2D eigenvalue weighted by Crippen LogP contribution is -2.49. The van der Waals surface area contributed by atoms with Gasteiger partial charge in [-0.15, -0.1) is 0 Å². The molecule has 0 aliphatic carbocycles. The lowest BCUT2D eigenvalue weighted by molar-refractivity contribution is -0.138. The Morgan fingerprint density at radius 3 is 2.42 bits per heavy atom. The first-order valence-corrected chi connectivity index (χ1v) is 9.21. The van der Waals surface area contributed by atoms with Crippen molar-refractivity contribution < 1.29 is 17.9 Å². The van der Waals surface area contributed by atoms with Gasteiger partial charge in [-0.05, 0) is 19.1 Å². The Hall–Kier alpha value is -1.90. The zero-order valence-electron chi connectivity index (χ0n) is 13.7. The maximum absolute atomic E-state index is 12.5. The summed E-state index contributed by atoms with van der Waals surface area (Å²) < 4.78 is 31.6. The number of benzene rings is 1. The number of nitrogens with zero attached hydrogens (tertiary/aromatic N) is 2. The first-order valence-electron chi connectivity index (χ1n) is 7.77. The topological polar surface area (TPSA) is 92.9 Å². The van der Waals surface area contributed by atoms with E-state index in [1.165, 1.54) is 10.4 Å². The van der Waals surface area contributed by atoms with Crippen LogP contribution in [0.15, 0.2) is 47.0 Å². The number of piperazine rings is 1. The third-order valence-corrected chi connectivity index (χ3v) is 5.62. The van der Waals surface area contributed by atoms with Crippen LogP contribution in [0, 0.1) is 0 Å². The summed E-state index contributed by atoms with van der Waals surface area (Å²) in [5.41, 5.74) is 5.80. The van der Waals surface area contributed by atoms with Crippen LogP contribution in [0.2, 0.25) is 0 Å². The number of sulfonamides is 1. The third kappa shape index (κ3) is 5.05. The number of esters is 1. The van der Waals surface area contributed by atoms with Gasteiger partial charge in [0.1, 0.15) is 6.61 Å². The van der Waals surface area contributed by atoms with E-state index in [4.69, 9.17) is 10.5 Å². The average Bonchev–Trinajstić information content (AvgIpc) is 2.55. The molecule has 0 bridgehead atoms. The van der Waals surface area contributed by atoms with Gasteiger partial charge in [-0.3, -0.25) is 4.90 Å². The summed E-state index contributed by atoms with van der Waals surface area (Å²) in [5.74, 6) is -0.458. The normalized spacial score (nSPS) is 17.6. The molecular formula is C16H23N3O4S. The number of allylic oxidation sites excluding steroid dienone is 1. The first kappa shape index (κ1) is 18.4. The number of hydrogen-bond donors (Lipinski definition) is 1. The van der Waals surface area contributed by atoms with Gasteiger partial charge in [0.2, 0.25) is 10.0 Å². The van der Waals surface area contributed by atoms with Crippen molar-refractivity contribution in [3.63, 3.8) is 0 Å². The Morgan fingerprint density at radius 1 is 1.21 bits per heavy atom. The van der Waals surface area contributed by atoms with Gasteiger partial charge in [0.05, 0.1) is 4.90 Å². The van der Waals surface area contributed by atoms with Gasteiger partial charge >= 0.3 is 5.97 Å². The van der Waals surface area contributed by atoms with E-state index in [-0.39, 0.29) is 6.61 Å². The van der Waals surface area contributed by atoms with Gasteiger partial charge in [-0.2, -0.15) is 4.31 Å². The molecule has 0 amide bonds. The second kappa shape index (κ2) is 8.27.